The van der Waals surface area contributed by atoms with Crippen molar-refractivity contribution in [3.63, 3.8) is 0 Å². The van der Waals surface area contributed by atoms with E-state index in [0.29, 0.717) is 25.1 Å². The fourth-order valence-electron chi connectivity index (χ4n) is 1.79. The molecule has 5 heteroatoms. The van der Waals surface area contributed by atoms with Crippen LogP contribution in [0.5, 0.6) is 5.75 Å². The van der Waals surface area contributed by atoms with Crippen molar-refractivity contribution in [2.45, 2.75) is 12.5 Å². The predicted octanol–water partition coefficient (Wildman–Crippen LogP) is 0.181. The molecule has 5 nitrogen and oxygen atoms in total. The number of aromatic hydroxyl groups is 1. The number of benzene rings is 1. The Morgan fingerprint density at radius 2 is 2.25 bits per heavy atom. The molecule has 1 aromatic rings. The van der Waals surface area contributed by atoms with E-state index in [4.69, 9.17) is 5.73 Å². The molecule has 1 atom stereocenters. The number of hydrogen-bond donors (Lipinski definition) is 3. The highest BCUT2D eigenvalue weighted by atomic mass is 16.3. The van der Waals surface area contributed by atoms with E-state index in [9.17, 15) is 15.0 Å². The molecule has 1 aliphatic heterocycles. The molecule has 1 heterocycles. The van der Waals surface area contributed by atoms with Crippen LogP contribution in [0, 0.1) is 0 Å². The van der Waals surface area contributed by atoms with E-state index < -0.39 is 6.10 Å². The van der Waals surface area contributed by atoms with E-state index in [1.807, 2.05) is 0 Å². The minimum absolute atomic E-state index is 0.0920. The van der Waals surface area contributed by atoms with Gasteiger partial charge in [0.1, 0.15) is 5.75 Å². The van der Waals surface area contributed by atoms with Gasteiger partial charge in [0.15, 0.2) is 0 Å². The van der Waals surface area contributed by atoms with Crippen LogP contribution in [0.1, 0.15) is 16.8 Å². The number of phenols is 1. The van der Waals surface area contributed by atoms with Crippen LogP contribution in [0.15, 0.2) is 18.2 Å². The fourth-order valence-corrected chi connectivity index (χ4v) is 1.79. The lowest BCUT2D eigenvalue weighted by atomic mass is 10.1. The average molecular weight is 222 g/mol. The maximum atomic E-state index is 11.9. The number of aliphatic hydroxyl groups is 1. The number of anilines is 1. The number of likely N-dealkylation sites (tertiary alicyclic amines) is 1. The Bertz CT molecular complexity index is 420. The number of nitrogens with two attached hydrogens (primary N) is 1. The Morgan fingerprint density at radius 1 is 1.50 bits per heavy atom. The zero-order valence-corrected chi connectivity index (χ0v) is 8.76. The molecule has 1 aromatic carbocycles. The molecule has 0 radical (unpaired) electrons. The molecule has 1 amide bonds. The Labute approximate surface area is 93.1 Å². The molecule has 0 saturated carbocycles. The number of amides is 1. The summed E-state index contributed by atoms with van der Waals surface area (Å²) in [6, 6.07) is 4.42. The molecule has 0 aromatic heterocycles. The van der Waals surface area contributed by atoms with Gasteiger partial charge in [0, 0.05) is 18.7 Å². The first-order valence-corrected chi connectivity index (χ1v) is 5.14. The summed E-state index contributed by atoms with van der Waals surface area (Å²) in [7, 11) is 0. The molecule has 1 saturated heterocycles. The highest BCUT2D eigenvalue weighted by Crippen LogP contribution is 2.22. The molecular formula is C11H14N2O3. The van der Waals surface area contributed by atoms with Gasteiger partial charge in [0.2, 0.25) is 0 Å². The van der Waals surface area contributed by atoms with Crippen LogP contribution in [0.2, 0.25) is 0 Å². The van der Waals surface area contributed by atoms with Gasteiger partial charge in [0.25, 0.3) is 5.91 Å². The largest absolute Gasteiger partial charge is 0.506 e. The van der Waals surface area contributed by atoms with Crippen molar-refractivity contribution >= 4 is 11.6 Å². The standard InChI is InChI=1S/C11H14N2O3/c12-9-2-1-7(5-10(9)15)11(16)13-4-3-8(14)6-13/h1-2,5,8,14-15H,3-4,6,12H2/t8-/m1/s1. The quantitative estimate of drug-likeness (QED) is 0.467. The van der Waals surface area contributed by atoms with Crippen LogP contribution >= 0.6 is 0 Å². The molecule has 16 heavy (non-hydrogen) atoms. The van der Waals surface area contributed by atoms with E-state index in [1.54, 1.807) is 11.0 Å². The summed E-state index contributed by atoms with van der Waals surface area (Å²) in [5.41, 5.74) is 6.09. The molecule has 0 aliphatic carbocycles. The van der Waals surface area contributed by atoms with E-state index in [0.717, 1.165) is 0 Å². The lowest BCUT2D eigenvalue weighted by Gasteiger charge is -2.15. The summed E-state index contributed by atoms with van der Waals surface area (Å²) in [6.45, 7) is 0.898. The van der Waals surface area contributed by atoms with Crippen LogP contribution in [0.4, 0.5) is 5.69 Å². The number of hydrogen-bond acceptors (Lipinski definition) is 4. The number of nitrogens with zero attached hydrogens (tertiary/aromatic N) is 1. The molecule has 1 aliphatic rings. The lowest BCUT2D eigenvalue weighted by molar-refractivity contribution is 0.0764. The van der Waals surface area contributed by atoms with Crippen LogP contribution < -0.4 is 5.73 Å². The van der Waals surface area contributed by atoms with Crippen LogP contribution in [0.25, 0.3) is 0 Å². The molecule has 86 valence electrons. The lowest BCUT2D eigenvalue weighted by Crippen LogP contribution is -2.29. The molecule has 0 spiro atoms. The van der Waals surface area contributed by atoms with Gasteiger partial charge in [-0.15, -0.1) is 0 Å². The first-order valence-electron chi connectivity index (χ1n) is 5.14. The third-order valence-electron chi connectivity index (χ3n) is 2.73. The van der Waals surface area contributed by atoms with Gasteiger partial charge < -0.3 is 20.8 Å². The first kappa shape index (κ1) is 10.8. The van der Waals surface area contributed by atoms with Crippen molar-refractivity contribution in [2.75, 3.05) is 18.8 Å². The fraction of sp³-hybridized carbons (Fsp3) is 0.364. The zero-order valence-electron chi connectivity index (χ0n) is 8.76. The maximum Gasteiger partial charge on any atom is 0.254 e. The highest BCUT2D eigenvalue weighted by Gasteiger charge is 2.25. The summed E-state index contributed by atoms with van der Waals surface area (Å²) in [5.74, 6) is -0.280. The summed E-state index contributed by atoms with van der Waals surface area (Å²) in [6.07, 6.45) is 0.165. The number of phenolic OH excluding ortho intramolecular Hbond substituents is 1. The summed E-state index contributed by atoms with van der Waals surface area (Å²) >= 11 is 0. The number of carbonyl (C=O) groups excluding carboxylic acids is 1. The normalized spacial score (nSPS) is 20.1. The summed E-state index contributed by atoms with van der Waals surface area (Å²) < 4.78 is 0. The zero-order chi connectivity index (χ0) is 11.7. The topological polar surface area (TPSA) is 86.8 Å². The van der Waals surface area contributed by atoms with Crippen molar-refractivity contribution in [3.05, 3.63) is 23.8 Å². The van der Waals surface area contributed by atoms with Crippen molar-refractivity contribution in [1.82, 2.24) is 4.90 Å². The van der Waals surface area contributed by atoms with Crippen molar-refractivity contribution in [2.24, 2.45) is 0 Å². The number of carbonyl (C=O) groups is 1. The van der Waals surface area contributed by atoms with Crippen LogP contribution in [-0.4, -0.2) is 40.2 Å². The molecule has 4 N–H and O–H groups in total. The van der Waals surface area contributed by atoms with E-state index >= 15 is 0 Å². The third kappa shape index (κ3) is 1.94. The van der Waals surface area contributed by atoms with Crippen LogP contribution in [-0.2, 0) is 0 Å². The van der Waals surface area contributed by atoms with Gasteiger partial charge in [-0.25, -0.2) is 0 Å². The third-order valence-corrected chi connectivity index (χ3v) is 2.73. The second-order valence-electron chi connectivity index (χ2n) is 3.97. The molecular weight excluding hydrogens is 208 g/mol. The van der Waals surface area contributed by atoms with Gasteiger partial charge in [-0.2, -0.15) is 0 Å². The number of aliphatic hydroxyl groups excluding tert-OH is 1. The molecule has 2 rings (SSSR count). The maximum absolute atomic E-state index is 11.9. The Morgan fingerprint density at radius 3 is 2.81 bits per heavy atom. The highest BCUT2D eigenvalue weighted by molar-refractivity contribution is 5.95. The SMILES string of the molecule is Nc1ccc(C(=O)N2CC[C@@H](O)C2)cc1O. The first-order chi connectivity index (χ1) is 7.58. The summed E-state index contributed by atoms with van der Waals surface area (Å²) in [4.78, 5) is 13.5. The van der Waals surface area contributed by atoms with Gasteiger partial charge >= 0.3 is 0 Å². The van der Waals surface area contributed by atoms with Gasteiger partial charge in [0.05, 0.1) is 11.8 Å². The predicted molar refractivity (Wildman–Crippen MR) is 59.0 cm³/mol. The van der Waals surface area contributed by atoms with E-state index in [1.165, 1.54) is 12.1 Å². The van der Waals surface area contributed by atoms with Gasteiger partial charge in [-0.3, -0.25) is 4.79 Å². The molecule has 1 fully saturated rings. The smallest absolute Gasteiger partial charge is 0.254 e. The average Bonchev–Trinajstić information content (AvgIpc) is 2.68. The monoisotopic (exact) mass is 222 g/mol. The Hall–Kier alpha value is -1.75. The molecule has 0 bridgehead atoms. The van der Waals surface area contributed by atoms with Gasteiger partial charge in [-0.1, -0.05) is 0 Å². The second-order valence-corrected chi connectivity index (χ2v) is 3.97. The molecule has 0 unspecified atom stereocenters. The van der Waals surface area contributed by atoms with Crippen molar-refractivity contribution in [3.8, 4) is 5.75 Å². The second kappa shape index (κ2) is 4.02. The van der Waals surface area contributed by atoms with E-state index in [2.05, 4.69) is 0 Å². The Kier molecular flexibility index (Phi) is 2.70. The number of nitrogen functional groups attached to an aromatic ring is 1. The Balaban J connectivity index is 2.18. The minimum Gasteiger partial charge on any atom is -0.506 e. The van der Waals surface area contributed by atoms with Crippen molar-refractivity contribution in [1.29, 1.82) is 0 Å². The van der Waals surface area contributed by atoms with E-state index in [-0.39, 0.29) is 17.3 Å². The minimum atomic E-state index is -0.439. The van der Waals surface area contributed by atoms with Crippen LogP contribution in [0.3, 0.4) is 0 Å². The summed E-state index contributed by atoms with van der Waals surface area (Å²) in [5, 5.41) is 18.7. The van der Waals surface area contributed by atoms with Gasteiger partial charge in [-0.05, 0) is 24.6 Å². The van der Waals surface area contributed by atoms with Crippen molar-refractivity contribution < 1.29 is 15.0 Å². The number of rotatable bonds is 1. The number of β-amino-alcohol motifs (C(OH)–C–C–N with tert-alkyl or cyclic N) is 1.